The maximum atomic E-state index is 9.65. The second-order valence-electron chi connectivity index (χ2n) is 4.69. The van der Waals surface area contributed by atoms with E-state index in [0.717, 1.165) is 6.16 Å². The van der Waals surface area contributed by atoms with Gasteiger partial charge in [0.1, 0.15) is 0 Å². The number of aliphatic hydroxyl groups excluding tert-OH is 1. The molecule has 2 atom stereocenters. The maximum Gasteiger partial charge on any atom is 0.0666 e. The lowest BCUT2D eigenvalue weighted by Gasteiger charge is -2.24. The third-order valence-corrected chi connectivity index (χ3v) is 5.78. The van der Waals surface area contributed by atoms with E-state index in [9.17, 15) is 5.11 Å². The zero-order chi connectivity index (χ0) is 13.7. The molecular weight excluding hydrogens is 253 g/mol. The van der Waals surface area contributed by atoms with Crippen molar-refractivity contribution < 1.29 is 5.11 Å². The normalized spacial score (nSPS) is 14.3. The van der Waals surface area contributed by atoms with Gasteiger partial charge in [0.25, 0.3) is 0 Å². The third-order valence-electron chi connectivity index (χ3n) is 3.15. The molecule has 2 aromatic carbocycles. The number of aliphatic hydroxyl groups is 1. The fraction of sp³-hybridized carbons (Fsp3) is 0.250. The van der Waals surface area contributed by atoms with E-state index in [1.165, 1.54) is 10.6 Å². The molecule has 0 fully saturated rings. The quantitative estimate of drug-likeness (QED) is 0.816. The standard InChI is InChI=1S/C16H20NOP/c1-13(18)16(17)12-19(14-8-4-2-5-9-14)15-10-6-3-7-11-15/h2-11,13,16,18H,12,17H2,1H3/t13-,16-/m0/s1. The summed E-state index contributed by atoms with van der Waals surface area (Å²) in [5.74, 6) is 0. The van der Waals surface area contributed by atoms with Gasteiger partial charge in [0.15, 0.2) is 0 Å². The highest BCUT2D eigenvalue weighted by Crippen LogP contribution is 2.34. The molecular formula is C16H20NOP. The zero-order valence-corrected chi connectivity index (χ0v) is 12.0. The molecule has 0 spiro atoms. The molecule has 2 nitrogen and oxygen atoms in total. The predicted molar refractivity (Wildman–Crippen MR) is 83.6 cm³/mol. The van der Waals surface area contributed by atoms with Crippen molar-refractivity contribution in [3.8, 4) is 0 Å². The van der Waals surface area contributed by atoms with Crippen molar-refractivity contribution in [1.29, 1.82) is 0 Å². The van der Waals surface area contributed by atoms with E-state index >= 15 is 0 Å². The van der Waals surface area contributed by atoms with E-state index in [1.54, 1.807) is 6.92 Å². The Labute approximate surface area is 116 Å². The molecule has 0 saturated heterocycles. The maximum absolute atomic E-state index is 9.65. The van der Waals surface area contributed by atoms with E-state index in [4.69, 9.17) is 5.73 Å². The lowest BCUT2D eigenvalue weighted by Crippen LogP contribution is -2.37. The number of hydrogen-bond acceptors (Lipinski definition) is 2. The molecule has 2 aromatic rings. The van der Waals surface area contributed by atoms with Crippen LogP contribution in [0.4, 0.5) is 0 Å². The molecule has 0 radical (unpaired) electrons. The first-order chi connectivity index (χ1) is 9.18. The first-order valence-electron chi connectivity index (χ1n) is 6.50. The van der Waals surface area contributed by atoms with Gasteiger partial charge in [-0.3, -0.25) is 0 Å². The van der Waals surface area contributed by atoms with Gasteiger partial charge < -0.3 is 10.8 Å². The lowest BCUT2D eigenvalue weighted by atomic mass is 10.2. The third kappa shape index (κ3) is 3.87. The van der Waals surface area contributed by atoms with Crippen molar-refractivity contribution in [2.24, 2.45) is 5.73 Å². The molecule has 0 aromatic heterocycles. The van der Waals surface area contributed by atoms with E-state index in [-0.39, 0.29) is 6.04 Å². The van der Waals surface area contributed by atoms with Crippen molar-refractivity contribution in [1.82, 2.24) is 0 Å². The van der Waals surface area contributed by atoms with Gasteiger partial charge in [0.05, 0.1) is 6.10 Å². The van der Waals surface area contributed by atoms with Crippen LogP contribution in [0.15, 0.2) is 60.7 Å². The van der Waals surface area contributed by atoms with Crippen molar-refractivity contribution in [3.05, 3.63) is 60.7 Å². The smallest absolute Gasteiger partial charge is 0.0666 e. The van der Waals surface area contributed by atoms with Crippen LogP contribution < -0.4 is 16.3 Å². The molecule has 100 valence electrons. The first kappa shape index (κ1) is 14.2. The Morgan fingerprint density at radius 2 is 1.37 bits per heavy atom. The van der Waals surface area contributed by atoms with Gasteiger partial charge >= 0.3 is 0 Å². The predicted octanol–water partition coefficient (Wildman–Crippen LogP) is 1.83. The van der Waals surface area contributed by atoms with Crippen LogP contribution in [0.25, 0.3) is 0 Å². The summed E-state index contributed by atoms with van der Waals surface area (Å²) in [7, 11) is -0.508. The Morgan fingerprint density at radius 1 is 0.947 bits per heavy atom. The number of benzene rings is 2. The van der Waals surface area contributed by atoms with Crippen molar-refractivity contribution in [2.75, 3.05) is 6.16 Å². The summed E-state index contributed by atoms with van der Waals surface area (Å²) in [5, 5.41) is 12.3. The number of rotatable bonds is 5. The monoisotopic (exact) mass is 273 g/mol. The van der Waals surface area contributed by atoms with Gasteiger partial charge in [-0.05, 0) is 31.6 Å². The molecule has 0 heterocycles. The Kier molecular flexibility index (Phi) is 5.09. The SMILES string of the molecule is C[C@H](O)[C@@H](N)CP(c1ccccc1)c1ccccc1. The Balaban J connectivity index is 2.29. The second-order valence-corrected chi connectivity index (χ2v) is 6.94. The molecule has 0 aliphatic rings. The topological polar surface area (TPSA) is 46.2 Å². The van der Waals surface area contributed by atoms with Gasteiger partial charge in [-0.15, -0.1) is 0 Å². The van der Waals surface area contributed by atoms with Crippen LogP contribution in [0.2, 0.25) is 0 Å². The Bertz CT molecular complexity index is 447. The molecule has 2 rings (SSSR count). The lowest BCUT2D eigenvalue weighted by molar-refractivity contribution is 0.172. The molecule has 0 amide bonds. The van der Waals surface area contributed by atoms with Crippen LogP contribution in [-0.4, -0.2) is 23.4 Å². The van der Waals surface area contributed by atoms with Gasteiger partial charge in [-0.25, -0.2) is 0 Å². The molecule has 0 aliphatic heterocycles. The Morgan fingerprint density at radius 3 is 1.74 bits per heavy atom. The minimum absolute atomic E-state index is 0.188. The summed E-state index contributed by atoms with van der Waals surface area (Å²) in [4.78, 5) is 0. The summed E-state index contributed by atoms with van der Waals surface area (Å²) in [6.07, 6.45) is 0.332. The fourth-order valence-electron chi connectivity index (χ4n) is 1.94. The number of nitrogens with two attached hydrogens (primary N) is 1. The van der Waals surface area contributed by atoms with Crippen LogP contribution in [0.5, 0.6) is 0 Å². The highest BCUT2D eigenvalue weighted by molar-refractivity contribution is 7.73. The van der Waals surface area contributed by atoms with E-state index in [2.05, 4.69) is 48.5 Å². The molecule has 0 saturated carbocycles. The van der Waals surface area contributed by atoms with Gasteiger partial charge in [0, 0.05) is 6.04 Å². The van der Waals surface area contributed by atoms with Crippen molar-refractivity contribution in [2.45, 2.75) is 19.1 Å². The molecule has 3 N–H and O–H groups in total. The first-order valence-corrected chi connectivity index (χ1v) is 8.02. The largest absolute Gasteiger partial charge is 0.392 e. The van der Waals surface area contributed by atoms with E-state index in [0.29, 0.717) is 0 Å². The van der Waals surface area contributed by atoms with Crippen LogP contribution in [-0.2, 0) is 0 Å². The molecule has 0 aliphatic carbocycles. The number of hydrogen-bond donors (Lipinski definition) is 2. The van der Waals surface area contributed by atoms with E-state index < -0.39 is 14.0 Å². The fourth-order valence-corrected chi connectivity index (χ4v) is 4.45. The Hall–Kier alpha value is -1.21. The van der Waals surface area contributed by atoms with Crippen LogP contribution in [0.1, 0.15) is 6.92 Å². The average Bonchev–Trinajstić information content (AvgIpc) is 2.46. The minimum Gasteiger partial charge on any atom is -0.392 e. The van der Waals surface area contributed by atoms with Gasteiger partial charge in [0.2, 0.25) is 0 Å². The van der Waals surface area contributed by atoms with E-state index in [1.807, 2.05) is 12.1 Å². The zero-order valence-electron chi connectivity index (χ0n) is 11.1. The van der Waals surface area contributed by atoms with Crippen LogP contribution in [0.3, 0.4) is 0 Å². The molecule has 3 heteroatoms. The van der Waals surface area contributed by atoms with Gasteiger partial charge in [-0.1, -0.05) is 60.7 Å². The highest BCUT2D eigenvalue weighted by Gasteiger charge is 2.19. The van der Waals surface area contributed by atoms with Crippen LogP contribution >= 0.6 is 7.92 Å². The summed E-state index contributed by atoms with van der Waals surface area (Å²) >= 11 is 0. The molecule has 19 heavy (non-hydrogen) atoms. The highest BCUT2D eigenvalue weighted by atomic mass is 31.1. The summed E-state index contributed by atoms with van der Waals surface area (Å²) < 4.78 is 0. The molecule has 0 unspecified atom stereocenters. The van der Waals surface area contributed by atoms with Crippen molar-refractivity contribution >= 4 is 18.5 Å². The summed E-state index contributed by atoms with van der Waals surface area (Å²) in [6.45, 7) is 1.76. The second kappa shape index (κ2) is 6.81. The summed E-state index contributed by atoms with van der Waals surface area (Å²) in [5.41, 5.74) is 6.06. The average molecular weight is 273 g/mol. The minimum atomic E-state index is -0.508. The van der Waals surface area contributed by atoms with Crippen molar-refractivity contribution in [3.63, 3.8) is 0 Å². The van der Waals surface area contributed by atoms with Gasteiger partial charge in [-0.2, -0.15) is 0 Å². The van der Waals surface area contributed by atoms with Crippen LogP contribution in [0, 0.1) is 0 Å². The molecule has 0 bridgehead atoms. The summed E-state index contributed by atoms with van der Waals surface area (Å²) in [6, 6.07) is 20.7.